The molecule has 3 rings (SSSR count). The maximum Gasteiger partial charge on any atom is 0.347 e. The summed E-state index contributed by atoms with van der Waals surface area (Å²) in [7, 11) is 1.46. The molecule has 0 bridgehead atoms. The number of ether oxygens (including phenoxy) is 2. The second-order valence-corrected chi connectivity index (χ2v) is 7.69. The van der Waals surface area contributed by atoms with Gasteiger partial charge in [0.15, 0.2) is 0 Å². The minimum absolute atomic E-state index is 0.168. The number of hydrogen-bond donors (Lipinski definition) is 0. The summed E-state index contributed by atoms with van der Waals surface area (Å²) in [5.74, 6) is 0.666. The van der Waals surface area contributed by atoms with Gasteiger partial charge in [-0.15, -0.1) is 0 Å². The molecule has 0 amide bonds. The van der Waals surface area contributed by atoms with E-state index in [0.717, 1.165) is 6.42 Å². The van der Waals surface area contributed by atoms with Gasteiger partial charge < -0.3 is 9.47 Å². The second kappa shape index (κ2) is 4.51. The maximum absolute atomic E-state index is 12.1. The number of methoxy groups -OCH3 is 1. The topological polar surface area (TPSA) is 35.5 Å². The van der Waals surface area contributed by atoms with Gasteiger partial charge in [0, 0.05) is 5.92 Å². The lowest BCUT2D eigenvalue weighted by molar-refractivity contribution is -0.158. The molecular formula is C17H26O3. The van der Waals surface area contributed by atoms with Gasteiger partial charge in [-0.05, 0) is 48.0 Å². The molecule has 0 aromatic carbocycles. The fourth-order valence-electron chi connectivity index (χ4n) is 5.37. The molecule has 3 aliphatic rings. The Balaban J connectivity index is 1.97. The number of carbonyl (C=O) groups is 1. The highest BCUT2D eigenvalue weighted by atomic mass is 16.6. The fourth-order valence-corrected chi connectivity index (χ4v) is 5.37. The Labute approximate surface area is 121 Å². The molecule has 1 aliphatic heterocycles. The van der Waals surface area contributed by atoms with Crippen LogP contribution < -0.4 is 0 Å². The van der Waals surface area contributed by atoms with Crippen molar-refractivity contribution in [2.45, 2.75) is 59.0 Å². The van der Waals surface area contributed by atoms with Crippen molar-refractivity contribution in [2.75, 3.05) is 7.11 Å². The summed E-state index contributed by atoms with van der Waals surface area (Å²) in [6.45, 7) is 7.17. The van der Waals surface area contributed by atoms with Crippen LogP contribution in [0.25, 0.3) is 0 Å². The van der Waals surface area contributed by atoms with Crippen LogP contribution in [0.1, 0.15) is 52.9 Å². The third-order valence-corrected chi connectivity index (χ3v) is 6.21. The van der Waals surface area contributed by atoms with Crippen LogP contribution in [0.4, 0.5) is 0 Å². The molecule has 4 atom stereocenters. The largest absolute Gasteiger partial charge is 0.486 e. The number of carbonyl (C=O) groups excluding carboxylic acids is 1. The fraction of sp³-hybridized carbons (Fsp3) is 0.824. The lowest BCUT2D eigenvalue weighted by atomic mass is 9.47. The highest BCUT2D eigenvalue weighted by Gasteiger charge is 2.58. The van der Waals surface area contributed by atoms with E-state index in [1.807, 2.05) is 6.26 Å². The first-order valence-corrected chi connectivity index (χ1v) is 7.82. The predicted molar refractivity (Wildman–Crippen MR) is 76.9 cm³/mol. The third kappa shape index (κ3) is 1.82. The van der Waals surface area contributed by atoms with Crippen LogP contribution in [-0.4, -0.2) is 19.2 Å². The molecule has 2 aliphatic carbocycles. The van der Waals surface area contributed by atoms with E-state index >= 15 is 0 Å². The number of esters is 1. The van der Waals surface area contributed by atoms with E-state index in [4.69, 9.17) is 9.47 Å². The molecule has 3 nitrogen and oxygen atoms in total. The van der Waals surface area contributed by atoms with Crippen LogP contribution in [0.2, 0.25) is 0 Å². The Kier molecular flexibility index (Phi) is 3.15. The molecule has 3 heteroatoms. The minimum atomic E-state index is -0.420. The summed E-state index contributed by atoms with van der Waals surface area (Å²) in [5, 5.41) is 0. The first-order valence-electron chi connectivity index (χ1n) is 7.82. The van der Waals surface area contributed by atoms with E-state index < -0.39 is 6.10 Å². The number of hydrogen-bond acceptors (Lipinski definition) is 3. The van der Waals surface area contributed by atoms with E-state index in [1.165, 1.54) is 38.4 Å². The standard InChI is InChI=1S/C17H26O3/c1-16(2)8-5-9-17(3)12(16)7-6-11-10-20-14(13(11)17)15(18)19-4/h10,12-14H,5-9H2,1-4H3. The van der Waals surface area contributed by atoms with Crippen molar-refractivity contribution >= 4 is 5.97 Å². The van der Waals surface area contributed by atoms with Crippen LogP contribution in [-0.2, 0) is 14.3 Å². The Hall–Kier alpha value is -0.990. The van der Waals surface area contributed by atoms with Crippen LogP contribution >= 0.6 is 0 Å². The lowest BCUT2D eigenvalue weighted by Crippen LogP contribution is -2.53. The maximum atomic E-state index is 12.1. The Morgan fingerprint density at radius 2 is 2.10 bits per heavy atom. The van der Waals surface area contributed by atoms with Gasteiger partial charge in [-0.1, -0.05) is 27.2 Å². The molecule has 2 saturated carbocycles. The molecule has 0 N–H and O–H groups in total. The van der Waals surface area contributed by atoms with Gasteiger partial charge in [-0.2, -0.15) is 0 Å². The first kappa shape index (κ1) is 14.0. The average Bonchev–Trinajstić information content (AvgIpc) is 2.82. The summed E-state index contributed by atoms with van der Waals surface area (Å²) in [6.07, 6.45) is 7.46. The predicted octanol–water partition coefficient (Wildman–Crippen LogP) is 3.68. The van der Waals surface area contributed by atoms with E-state index in [0.29, 0.717) is 11.3 Å². The van der Waals surface area contributed by atoms with E-state index in [9.17, 15) is 4.79 Å². The van der Waals surface area contributed by atoms with Crippen molar-refractivity contribution in [3.05, 3.63) is 11.8 Å². The summed E-state index contributed by atoms with van der Waals surface area (Å²) < 4.78 is 10.7. The summed E-state index contributed by atoms with van der Waals surface area (Å²) >= 11 is 0. The van der Waals surface area contributed by atoms with Crippen LogP contribution in [0.15, 0.2) is 11.8 Å². The van der Waals surface area contributed by atoms with Gasteiger partial charge in [0.25, 0.3) is 0 Å². The summed E-state index contributed by atoms with van der Waals surface area (Å²) in [4.78, 5) is 12.1. The third-order valence-electron chi connectivity index (χ3n) is 6.21. The zero-order valence-corrected chi connectivity index (χ0v) is 13.1. The van der Waals surface area contributed by atoms with E-state index in [1.54, 1.807) is 0 Å². The Morgan fingerprint density at radius 1 is 1.35 bits per heavy atom. The summed E-state index contributed by atoms with van der Waals surface area (Å²) in [5.41, 5.74) is 1.86. The van der Waals surface area contributed by atoms with Crippen LogP contribution in [0.3, 0.4) is 0 Å². The van der Waals surface area contributed by atoms with Crippen molar-refractivity contribution in [3.8, 4) is 0 Å². The smallest absolute Gasteiger partial charge is 0.347 e. The van der Waals surface area contributed by atoms with Gasteiger partial charge in [-0.25, -0.2) is 4.79 Å². The SMILES string of the molecule is COC(=O)C1OC=C2CCC3C(C)(C)CCCC3(C)C21. The van der Waals surface area contributed by atoms with Gasteiger partial charge in [0.2, 0.25) is 6.10 Å². The van der Waals surface area contributed by atoms with Crippen molar-refractivity contribution in [1.82, 2.24) is 0 Å². The molecule has 0 aromatic heterocycles. The van der Waals surface area contributed by atoms with Gasteiger partial charge in [0.05, 0.1) is 13.4 Å². The first-order chi connectivity index (χ1) is 9.40. The molecule has 0 radical (unpaired) electrons. The van der Waals surface area contributed by atoms with Crippen molar-refractivity contribution in [3.63, 3.8) is 0 Å². The van der Waals surface area contributed by atoms with Gasteiger partial charge in [0.1, 0.15) is 0 Å². The zero-order valence-electron chi connectivity index (χ0n) is 13.1. The minimum Gasteiger partial charge on any atom is -0.486 e. The van der Waals surface area contributed by atoms with Crippen LogP contribution in [0.5, 0.6) is 0 Å². The van der Waals surface area contributed by atoms with Gasteiger partial charge in [-0.3, -0.25) is 0 Å². The van der Waals surface area contributed by atoms with Crippen molar-refractivity contribution in [1.29, 1.82) is 0 Å². The molecule has 0 spiro atoms. The summed E-state index contributed by atoms with van der Waals surface area (Å²) in [6, 6.07) is 0. The highest BCUT2D eigenvalue weighted by molar-refractivity contribution is 5.76. The Morgan fingerprint density at radius 3 is 2.80 bits per heavy atom. The number of rotatable bonds is 1. The average molecular weight is 278 g/mol. The monoisotopic (exact) mass is 278 g/mol. The molecule has 1 heterocycles. The van der Waals surface area contributed by atoms with Gasteiger partial charge >= 0.3 is 5.97 Å². The molecule has 0 saturated heterocycles. The number of fused-ring (bicyclic) bond motifs is 3. The van der Waals surface area contributed by atoms with Crippen molar-refractivity contribution in [2.24, 2.45) is 22.7 Å². The zero-order chi connectivity index (χ0) is 14.5. The lowest BCUT2D eigenvalue weighted by Gasteiger charge is -2.57. The molecule has 20 heavy (non-hydrogen) atoms. The molecule has 2 fully saturated rings. The second-order valence-electron chi connectivity index (χ2n) is 7.69. The quantitative estimate of drug-likeness (QED) is 0.686. The molecular weight excluding hydrogens is 252 g/mol. The molecule has 112 valence electrons. The van der Waals surface area contributed by atoms with Crippen LogP contribution in [0, 0.1) is 22.7 Å². The van der Waals surface area contributed by atoms with E-state index in [-0.39, 0.29) is 17.3 Å². The molecule has 0 aromatic rings. The Bertz CT molecular complexity index is 451. The van der Waals surface area contributed by atoms with E-state index in [2.05, 4.69) is 20.8 Å². The van der Waals surface area contributed by atoms with Crippen molar-refractivity contribution < 1.29 is 14.3 Å². The molecule has 4 unspecified atom stereocenters. The highest BCUT2D eigenvalue weighted by Crippen LogP contribution is 2.63. The normalized spacial score (nSPS) is 42.0.